The summed E-state index contributed by atoms with van der Waals surface area (Å²) in [5.41, 5.74) is -1.42. The Labute approximate surface area is 201 Å². The molecule has 2 rings (SSSR count). The van der Waals surface area contributed by atoms with Gasteiger partial charge in [-0.3, -0.25) is 4.79 Å². The zero-order chi connectivity index (χ0) is 24.3. The van der Waals surface area contributed by atoms with Crippen LogP contribution < -0.4 is 0 Å². The molecule has 1 unspecified atom stereocenters. The monoisotopic (exact) mass is 464 g/mol. The van der Waals surface area contributed by atoms with Gasteiger partial charge in [0, 0.05) is 6.42 Å². The van der Waals surface area contributed by atoms with Gasteiger partial charge in [0.15, 0.2) is 11.7 Å². The average Bonchev–Trinajstić information content (AvgIpc) is 3.32. The lowest BCUT2D eigenvalue weighted by Crippen LogP contribution is -2.50. The lowest BCUT2D eigenvalue weighted by Gasteiger charge is -2.42. The van der Waals surface area contributed by atoms with Gasteiger partial charge in [0.05, 0.1) is 12.7 Å². The van der Waals surface area contributed by atoms with Gasteiger partial charge < -0.3 is 19.7 Å². The maximum Gasteiger partial charge on any atom is 0.320 e. The average molecular weight is 465 g/mol. The normalized spacial score (nSPS) is 23.5. The van der Waals surface area contributed by atoms with Crippen LogP contribution in [0.15, 0.2) is 24.0 Å². The first-order valence-corrected chi connectivity index (χ1v) is 13.3. The van der Waals surface area contributed by atoms with E-state index in [1.165, 1.54) is 0 Å². The molecule has 190 valence electrons. The summed E-state index contributed by atoms with van der Waals surface area (Å²) in [7, 11) is 0. The summed E-state index contributed by atoms with van der Waals surface area (Å²) in [5, 5.41) is 22.2. The zero-order valence-corrected chi connectivity index (χ0v) is 21.5. The molecular formula is C28H48O5. The van der Waals surface area contributed by atoms with Crippen molar-refractivity contribution in [2.24, 2.45) is 16.7 Å². The summed E-state index contributed by atoms with van der Waals surface area (Å²) < 4.78 is 12.3. The van der Waals surface area contributed by atoms with Crippen LogP contribution in [-0.4, -0.2) is 35.2 Å². The predicted molar refractivity (Wildman–Crippen MR) is 133 cm³/mol. The highest BCUT2D eigenvalue weighted by molar-refractivity contribution is 5.79. The van der Waals surface area contributed by atoms with Crippen molar-refractivity contribution in [2.75, 3.05) is 6.61 Å². The summed E-state index contributed by atoms with van der Waals surface area (Å²) in [6, 6.07) is 0. The molecule has 2 N–H and O–H groups in total. The topological polar surface area (TPSA) is 76.0 Å². The minimum Gasteiger partial charge on any atom is -0.480 e. The van der Waals surface area contributed by atoms with Crippen LogP contribution in [0, 0.1) is 16.7 Å². The van der Waals surface area contributed by atoms with Gasteiger partial charge in [-0.15, -0.1) is 0 Å². The van der Waals surface area contributed by atoms with Crippen molar-refractivity contribution in [1.82, 2.24) is 0 Å². The second kappa shape index (κ2) is 13.5. The minimum absolute atomic E-state index is 0.0328. The maximum atomic E-state index is 13.1. The molecule has 5 heteroatoms. The molecule has 0 amide bonds. The molecule has 1 saturated carbocycles. The molecule has 0 aromatic heterocycles. The lowest BCUT2D eigenvalue weighted by atomic mass is 9.67. The van der Waals surface area contributed by atoms with E-state index in [1.54, 1.807) is 0 Å². The number of ether oxygens (including phenoxy) is 2. The minimum atomic E-state index is -1.45. The Morgan fingerprint density at radius 2 is 1.82 bits per heavy atom. The molecule has 2 aliphatic rings. The van der Waals surface area contributed by atoms with Gasteiger partial charge in [0.2, 0.25) is 0 Å². The molecule has 0 aromatic carbocycles. The van der Waals surface area contributed by atoms with E-state index in [1.807, 2.05) is 25.2 Å². The SMILES string of the molecule is CC/C=C\C[C@@H](O)[C@@](C(=O)O)(/C(=C\CC(C)(C)CCCC)OC1CCCCO1)C1CCCC1. The van der Waals surface area contributed by atoms with E-state index in [4.69, 9.17) is 9.47 Å². The fraction of sp³-hybridized carbons (Fsp3) is 0.821. The molecule has 5 nitrogen and oxygen atoms in total. The van der Waals surface area contributed by atoms with E-state index in [2.05, 4.69) is 20.8 Å². The van der Waals surface area contributed by atoms with Crippen LogP contribution in [0.2, 0.25) is 0 Å². The summed E-state index contributed by atoms with van der Waals surface area (Å²) in [6.07, 6.45) is 16.0. The van der Waals surface area contributed by atoms with Gasteiger partial charge in [0.1, 0.15) is 5.76 Å². The van der Waals surface area contributed by atoms with Gasteiger partial charge in [-0.25, -0.2) is 0 Å². The van der Waals surface area contributed by atoms with Gasteiger partial charge >= 0.3 is 5.97 Å². The number of carboxylic acid groups (broad SMARTS) is 1. The van der Waals surface area contributed by atoms with Crippen molar-refractivity contribution in [1.29, 1.82) is 0 Å². The summed E-state index contributed by atoms with van der Waals surface area (Å²) in [4.78, 5) is 13.1. The van der Waals surface area contributed by atoms with Crippen molar-refractivity contribution in [3.05, 3.63) is 24.0 Å². The fourth-order valence-corrected chi connectivity index (χ4v) is 5.41. The number of hydrogen-bond donors (Lipinski definition) is 2. The molecule has 0 bridgehead atoms. The number of aliphatic hydroxyl groups excluding tert-OH is 1. The fourth-order valence-electron chi connectivity index (χ4n) is 5.41. The predicted octanol–water partition coefficient (Wildman–Crippen LogP) is 7.00. The lowest BCUT2D eigenvalue weighted by molar-refractivity contribution is -0.182. The maximum absolute atomic E-state index is 13.1. The quantitative estimate of drug-likeness (QED) is 0.214. The second-order valence-electron chi connectivity index (χ2n) is 10.7. The van der Waals surface area contributed by atoms with Crippen LogP contribution in [0.4, 0.5) is 0 Å². The largest absolute Gasteiger partial charge is 0.480 e. The van der Waals surface area contributed by atoms with Crippen molar-refractivity contribution in [3.8, 4) is 0 Å². The number of unbranched alkanes of at least 4 members (excludes halogenated alkanes) is 1. The highest BCUT2D eigenvalue weighted by Gasteiger charge is 2.56. The Hall–Kier alpha value is -1.33. The molecule has 33 heavy (non-hydrogen) atoms. The third-order valence-corrected chi connectivity index (χ3v) is 7.49. The molecule has 3 atom stereocenters. The smallest absolute Gasteiger partial charge is 0.320 e. The van der Waals surface area contributed by atoms with Crippen LogP contribution in [0.25, 0.3) is 0 Å². The zero-order valence-electron chi connectivity index (χ0n) is 21.5. The summed E-state index contributed by atoms with van der Waals surface area (Å²) >= 11 is 0. The van der Waals surface area contributed by atoms with Crippen molar-refractivity contribution in [2.45, 2.75) is 124 Å². The Balaban J connectivity index is 2.49. The van der Waals surface area contributed by atoms with Gasteiger partial charge in [0.25, 0.3) is 0 Å². The van der Waals surface area contributed by atoms with Gasteiger partial charge in [-0.2, -0.15) is 0 Å². The number of carboxylic acids is 1. The molecular weight excluding hydrogens is 416 g/mol. The number of carbonyl (C=O) groups is 1. The second-order valence-corrected chi connectivity index (χ2v) is 10.7. The third-order valence-electron chi connectivity index (χ3n) is 7.49. The Morgan fingerprint density at radius 3 is 2.39 bits per heavy atom. The molecule has 2 fully saturated rings. The first kappa shape index (κ1) is 27.9. The first-order valence-electron chi connectivity index (χ1n) is 13.3. The highest BCUT2D eigenvalue weighted by Crippen LogP contribution is 2.50. The van der Waals surface area contributed by atoms with E-state index in [-0.39, 0.29) is 11.3 Å². The molecule has 1 aliphatic carbocycles. The summed E-state index contributed by atoms with van der Waals surface area (Å²) in [6.45, 7) is 9.32. The molecule has 0 spiro atoms. The first-order chi connectivity index (χ1) is 15.8. The number of aliphatic hydroxyl groups is 1. The van der Waals surface area contributed by atoms with E-state index in [0.29, 0.717) is 25.2 Å². The van der Waals surface area contributed by atoms with Crippen LogP contribution in [0.3, 0.4) is 0 Å². The third kappa shape index (κ3) is 7.58. The van der Waals surface area contributed by atoms with Gasteiger partial charge in [-0.1, -0.05) is 65.5 Å². The molecule has 0 aromatic rings. The molecule has 1 aliphatic heterocycles. The van der Waals surface area contributed by atoms with E-state index in [0.717, 1.165) is 70.6 Å². The van der Waals surface area contributed by atoms with E-state index < -0.39 is 23.8 Å². The van der Waals surface area contributed by atoms with Crippen LogP contribution in [-0.2, 0) is 14.3 Å². The van der Waals surface area contributed by atoms with Crippen molar-refractivity contribution < 1.29 is 24.5 Å². The van der Waals surface area contributed by atoms with Crippen LogP contribution in [0.1, 0.15) is 111 Å². The molecule has 1 heterocycles. The van der Waals surface area contributed by atoms with Crippen molar-refractivity contribution in [3.63, 3.8) is 0 Å². The highest BCUT2D eigenvalue weighted by atomic mass is 16.7. The number of rotatable bonds is 14. The Kier molecular flexibility index (Phi) is 11.4. The van der Waals surface area contributed by atoms with Gasteiger partial charge in [-0.05, 0) is 68.8 Å². The van der Waals surface area contributed by atoms with E-state index in [9.17, 15) is 15.0 Å². The van der Waals surface area contributed by atoms with Crippen LogP contribution in [0.5, 0.6) is 0 Å². The van der Waals surface area contributed by atoms with Crippen molar-refractivity contribution >= 4 is 5.97 Å². The standard InChI is InChI=1S/C28H48O5/c1-5-7-9-16-23(29)28(26(30)31,22-14-10-11-15-22)24(33-25-17-12-13-21-32-25)18-20-27(3,4)19-8-6-2/h7,9,18,22-23,25,29H,5-6,8,10-17,19-21H2,1-4H3,(H,30,31)/b9-7-,24-18+/t23-,25?,28-/m1/s1. The number of allylic oxidation sites excluding steroid dienone is 2. The number of hydrogen-bond acceptors (Lipinski definition) is 4. The van der Waals surface area contributed by atoms with Crippen LogP contribution >= 0.6 is 0 Å². The summed E-state index contributed by atoms with van der Waals surface area (Å²) in [5.74, 6) is -0.690. The van der Waals surface area contributed by atoms with E-state index >= 15 is 0 Å². The Morgan fingerprint density at radius 1 is 1.12 bits per heavy atom. The molecule has 1 saturated heterocycles. The number of aliphatic carboxylic acids is 1. The Bertz CT molecular complexity index is 641. The molecule has 0 radical (unpaired) electrons.